The number of nitrogens with zero attached hydrogens (tertiary/aromatic N) is 3. The molecule has 1 aliphatic heterocycles. The Morgan fingerprint density at radius 2 is 2.27 bits per heavy atom. The molecule has 4 rings (SSSR count). The lowest BCUT2D eigenvalue weighted by atomic mass is 9.95. The molecule has 0 saturated carbocycles. The lowest BCUT2D eigenvalue weighted by Gasteiger charge is -2.31. The second kappa shape index (κ2) is 7.19. The Morgan fingerprint density at radius 1 is 1.38 bits per heavy atom. The molecule has 0 bridgehead atoms. The number of benzene rings is 1. The summed E-state index contributed by atoms with van der Waals surface area (Å²) >= 11 is 0. The Balaban J connectivity index is 1.43. The number of aromatic nitrogens is 3. The van der Waals surface area contributed by atoms with Gasteiger partial charge in [0.05, 0.1) is 17.6 Å². The predicted molar refractivity (Wildman–Crippen MR) is 97.2 cm³/mol. The van der Waals surface area contributed by atoms with Crippen LogP contribution in [0.5, 0.6) is 0 Å². The first-order valence-electron chi connectivity index (χ1n) is 9.04. The minimum atomic E-state index is -0.446. The Morgan fingerprint density at radius 3 is 3.12 bits per heavy atom. The molecule has 136 valence electrons. The molecule has 2 aromatic heterocycles. The van der Waals surface area contributed by atoms with Gasteiger partial charge in [-0.1, -0.05) is 12.1 Å². The maximum absolute atomic E-state index is 11.8. The van der Waals surface area contributed by atoms with Crippen LogP contribution < -0.4 is 4.90 Å². The summed E-state index contributed by atoms with van der Waals surface area (Å²) in [7, 11) is 0. The summed E-state index contributed by atoms with van der Waals surface area (Å²) in [6.45, 7) is 3.80. The predicted octanol–water partition coefficient (Wildman–Crippen LogP) is 3.19. The van der Waals surface area contributed by atoms with Crippen LogP contribution in [0.1, 0.15) is 36.1 Å². The summed E-state index contributed by atoms with van der Waals surface area (Å²) in [5.41, 5.74) is 2.30. The van der Waals surface area contributed by atoms with Crippen LogP contribution in [0.3, 0.4) is 0 Å². The summed E-state index contributed by atoms with van der Waals surface area (Å²) in [6, 6.07) is 8.56. The third-order valence-electron chi connectivity index (χ3n) is 4.69. The van der Waals surface area contributed by atoms with Crippen molar-refractivity contribution in [1.29, 1.82) is 0 Å². The molecule has 0 amide bonds. The van der Waals surface area contributed by atoms with Crippen molar-refractivity contribution in [3.05, 3.63) is 42.0 Å². The lowest BCUT2D eigenvalue weighted by molar-refractivity contribution is 0.0519. The molecule has 0 spiro atoms. The van der Waals surface area contributed by atoms with E-state index in [4.69, 9.17) is 9.15 Å². The maximum atomic E-state index is 11.8. The molecular formula is C19H22N4O3. The van der Waals surface area contributed by atoms with Gasteiger partial charge in [0.25, 0.3) is 6.01 Å². The number of hydrogen-bond acceptors (Lipinski definition) is 6. The van der Waals surface area contributed by atoms with E-state index in [1.807, 2.05) is 24.3 Å². The number of ether oxygens (including phenoxy) is 1. The van der Waals surface area contributed by atoms with Crippen LogP contribution in [0.2, 0.25) is 0 Å². The van der Waals surface area contributed by atoms with E-state index in [0.29, 0.717) is 18.5 Å². The highest BCUT2D eigenvalue weighted by Gasteiger charge is 2.25. The first kappa shape index (κ1) is 16.6. The third-order valence-corrected chi connectivity index (χ3v) is 4.69. The summed E-state index contributed by atoms with van der Waals surface area (Å²) in [6.07, 6.45) is 4.45. The molecule has 3 aromatic rings. The fourth-order valence-electron chi connectivity index (χ4n) is 3.49. The van der Waals surface area contributed by atoms with Gasteiger partial charge < -0.3 is 19.0 Å². The van der Waals surface area contributed by atoms with E-state index in [1.165, 1.54) is 6.26 Å². The first-order valence-corrected chi connectivity index (χ1v) is 9.04. The Hall–Kier alpha value is -2.83. The number of carbonyl (C=O) groups excluding carboxylic acids is 1. The second-order valence-corrected chi connectivity index (χ2v) is 6.59. The van der Waals surface area contributed by atoms with Crippen LogP contribution in [0.25, 0.3) is 11.0 Å². The number of piperidine rings is 1. The van der Waals surface area contributed by atoms with Crippen molar-refractivity contribution in [3.63, 3.8) is 0 Å². The average Bonchev–Trinajstić information content (AvgIpc) is 3.29. The highest BCUT2D eigenvalue weighted by atomic mass is 16.5. The topological polar surface area (TPSA) is 84.2 Å². The van der Waals surface area contributed by atoms with Gasteiger partial charge in [-0.25, -0.2) is 9.78 Å². The molecule has 7 nitrogen and oxygen atoms in total. The van der Waals surface area contributed by atoms with Gasteiger partial charge in [0.15, 0.2) is 5.69 Å². The zero-order valence-electron chi connectivity index (χ0n) is 14.8. The number of imidazole rings is 1. The molecule has 26 heavy (non-hydrogen) atoms. The van der Waals surface area contributed by atoms with Gasteiger partial charge >= 0.3 is 5.97 Å². The van der Waals surface area contributed by atoms with Crippen molar-refractivity contribution in [2.24, 2.45) is 5.92 Å². The van der Waals surface area contributed by atoms with Gasteiger partial charge in [-0.3, -0.25) is 0 Å². The first-order chi connectivity index (χ1) is 12.7. The average molecular weight is 354 g/mol. The zero-order valence-corrected chi connectivity index (χ0v) is 14.8. The van der Waals surface area contributed by atoms with Gasteiger partial charge in [0.1, 0.15) is 12.1 Å². The van der Waals surface area contributed by atoms with Crippen LogP contribution in [-0.2, 0) is 11.2 Å². The zero-order chi connectivity index (χ0) is 17.9. The molecule has 1 aliphatic rings. The monoisotopic (exact) mass is 354 g/mol. The van der Waals surface area contributed by atoms with Crippen molar-refractivity contribution < 1.29 is 13.9 Å². The van der Waals surface area contributed by atoms with E-state index < -0.39 is 5.97 Å². The van der Waals surface area contributed by atoms with Crippen LogP contribution in [0, 0.1) is 5.92 Å². The van der Waals surface area contributed by atoms with Gasteiger partial charge in [-0.05, 0) is 37.8 Å². The molecule has 1 aromatic carbocycles. The number of H-pyrrole nitrogens is 1. The SMILES string of the molecule is CCOC(=O)c1coc(N2CCC[C@@H](Cc3nc4ccccc4[nH]3)C2)n1. The van der Waals surface area contributed by atoms with Gasteiger partial charge in [-0.2, -0.15) is 4.98 Å². The minimum Gasteiger partial charge on any atom is -0.461 e. The van der Waals surface area contributed by atoms with Crippen molar-refractivity contribution in [2.45, 2.75) is 26.2 Å². The lowest BCUT2D eigenvalue weighted by Crippen LogP contribution is -2.36. The summed E-state index contributed by atoms with van der Waals surface area (Å²) in [5.74, 6) is 1.03. The number of hydrogen-bond donors (Lipinski definition) is 1. The van der Waals surface area contributed by atoms with E-state index in [0.717, 1.165) is 49.2 Å². The molecule has 3 heterocycles. The molecule has 1 N–H and O–H groups in total. The number of oxazole rings is 1. The highest BCUT2D eigenvalue weighted by molar-refractivity contribution is 5.87. The quantitative estimate of drug-likeness (QED) is 0.709. The smallest absolute Gasteiger partial charge is 0.360 e. The van der Waals surface area contributed by atoms with Crippen molar-refractivity contribution >= 4 is 23.0 Å². The number of esters is 1. The molecule has 1 atom stereocenters. The van der Waals surface area contributed by atoms with Crippen LogP contribution in [0.4, 0.5) is 6.01 Å². The number of anilines is 1. The summed E-state index contributed by atoms with van der Waals surface area (Å²) < 4.78 is 10.5. The van der Waals surface area contributed by atoms with Gasteiger partial charge in [0, 0.05) is 19.5 Å². The number of rotatable bonds is 5. The fourth-order valence-corrected chi connectivity index (χ4v) is 3.49. The Kier molecular flexibility index (Phi) is 4.60. The molecule has 1 fully saturated rings. The molecule has 0 unspecified atom stereocenters. The van der Waals surface area contributed by atoms with Crippen LogP contribution >= 0.6 is 0 Å². The highest BCUT2D eigenvalue weighted by Crippen LogP contribution is 2.25. The standard InChI is InChI=1S/C19H22N4O3/c1-2-25-18(24)16-12-26-19(22-16)23-9-5-6-13(11-23)10-17-20-14-7-3-4-8-15(14)21-17/h3-4,7-8,12-13H,2,5-6,9-11H2,1H3,(H,20,21)/t13-/m0/s1. The van der Waals surface area contributed by atoms with Crippen LogP contribution in [-0.4, -0.2) is 40.6 Å². The number of fused-ring (bicyclic) bond motifs is 1. The second-order valence-electron chi connectivity index (χ2n) is 6.59. The Labute approximate surface area is 151 Å². The van der Waals surface area contributed by atoms with E-state index in [1.54, 1.807) is 6.92 Å². The molecular weight excluding hydrogens is 332 g/mol. The van der Waals surface area contributed by atoms with E-state index in [2.05, 4.69) is 19.9 Å². The van der Waals surface area contributed by atoms with Gasteiger partial charge in [0.2, 0.25) is 0 Å². The number of aromatic amines is 1. The fraction of sp³-hybridized carbons (Fsp3) is 0.421. The molecule has 1 saturated heterocycles. The van der Waals surface area contributed by atoms with E-state index in [9.17, 15) is 4.79 Å². The van der Waals surface area contributed by atoms with Crippen molar-refractivity contribution in [1.82, 2.24) is 15.0 Å². The summed E-state index contributed by atoms with van der Waals surface area (Å²) in [5, 5.41) is 0. The van der Waals surface area contributed by atoms with Crippen molar-refractivity contribution in [3.8, 4) is 0 Å². The number of nitrogens with one attached hydrogen (secondary N) is 1. The van der Waals surface area contributed by atoms with Gasteiger partial charge in [-0.15, -0.1) is 0 Å². The van der Waals surface area contributed by atoms with E-state index in [-0.39, 0.29) is 5.69 Å². The minimum absolute atomic E-state index is 0.223. The number of para-hydroxylation sites is 2. The maximum Gasteiger partial charge on any atom is 0.360 e. The third kappa shape index (κ3) is 3.42. The summed E-state index contributed by atoms with van der Waals surface area (Å²) in [4.78, 5) is 26.2. The number of carbonyl (C=O) groups is 1. The Bertz CT molecular complexity index is 868. The van der Waals surface area contributed by atoms with Crippen molar-refractivity contribution in [2.75, 3.05) is 24.6 Å². The molecule has 0 aliphatic carbocycles. The molecule has 0 radical (unpaired) electrons. The molecule has 7 heteroatoms. The largest absolute Gasteiger partial charge is 0.461 e. The normalized spacial score (nSPS) is 17.6. The van der Waals surface area contributed by atoms with Crippen LogP contribution in [0.15, 0.2) is 34.9 Å². The van der Waals surface area contributed by atoms with E-state index >= 15 is 0 Å².